The Morgan fingerprint density at radius 3 is 2.47 bits per heavy atom. The van der Waals surface area contributed by atoms with Gasteiger partial charge in [-0.3, -0.25) is 0 Å². The molecule has 0 bridgehead atoms. The normalized spacial score (nSPS) is 22.2. The van der Waals surface area contributed by atoms with Gasteiger partial charge in [-0.25, -0.2) is 18.4 Å². The molecule has 3 aliphatic heterocycles. The number of H-pyrrole nitrogens is 1. The van der Waals surface area contributed by atoms with Gasteiger partial charge in [0.2, 0.25) is 0 Å². The summed E-state index contributed by atoms with van der Waals surface area (Å²) in [6.45, 7) is 6.94. The van der Waals surface area contributed by atoms with Gasteiger partial charge >= 0.3 is 0 Å². The number of nitrogens with zero attached hydrogens (tertiary/aromatic N) is 4. The highest BCUT2D eigenvalue weighted by Gasteiger charge is 2.42. The van der Waals surface area contributed by atoms with E-state index in [0.29, 0.717) is 18.5 Å². The molecule has 0 unspecified atom stereocenters. The van der Waals surface area contributed by atoms with E-state index in [4.69, 9.17) is 0 Å². The second kappa shape index (κ2) is 8.62. The van der Waals surface area contributed by atoms with Gasteiger partial charge < -0.3 is 20.1 Å². The van der Waals surface area contributed by atoms with Crippen LogP contribution in [0.4, 0.5) is 5.82 Å². The van der Waals surface area contributed by atoms with Crippen LogP contribution in [0, 0.1) is 5.41 Å². The van der Waals surface area contributed by atoms with E-state index in [1.807, 2.05) is 0 Å². The molecule has 34 heavy (non-hydrogen) atoms. The molecule has 180 valence electrons. The van der Waals surface area contributed by atoms with Crippen LogP contribution in [0.15, 0.2) is 36.7 Å². The maximum atomic E-state index is 11.8. The molecule has 6 rings (SSSR count). The van der Waals surface area contributed by atoms with Crippen molar-refractivity contribution in [3.63, 3.8) is 0 Å². The first-order valence-corrected chi connectivity index (χ1v) is 14.1. The van der Waals surface area contributed by atoms with E-state index in [9.17, 15) is 8.42 Å². The molecule has 2 aromatic heterocycles. The smallest absolute Gasteiger partial charge is 0.153 e. The number of benzene rings is 1. The summed E-state index contributed by atoms with van der Waals surface area (Å²) < 4.78 is 23.6. The number of aromatic amines is 1. The van der Waals surface area contributed by atoms with Gasteiger partial charge in [-0.15, -0.1) is 0 Å². The molecule has 3 fully saturated rings. The largest absolute Gasteiger partial charge is 0.354 e. The van der Waals surface area contributed by atoms with Crippen LogP contribution in [0.25, 0.3) is 22.3 Å². The number of hydrogen-bond donors (Lipinski definition) is 2. The maximum Gasteiger partial charge on any atom is 0.153 e. The minimum atomic E-state index is -2.93. The molecule has 3 saturated heterocycles. The third-order valence-corrected chi connectivity index (χ3v) is 9.42. The van der Waals surface area contributed by atoms with Crippen molar-refractivity contribution in [2.24, 2.45) is 5.41 Å². The molecule has 0 amide bonds. The zero-order chi connectivity index (χ0) is 23.2. The van der Waals surface area contributed by atoms with E-state index in [-0.39, 0.29) is 11.5 Å². The number of anilines is 1. The summed E-state index contributed by atoms with van der Waals surface area (Å²) >= 11 is 0. The summed E-state index contributed by atoms with van der Waals surface area (Å²) in [6.07, 6.45) is 5.28. The predicted octanol–water partition coefficient (Wildman–Crippen LogP) is 2.09. The number of aromatic nitrogens is 3. The van der Waals surface area contributed by atoms with E-state index in [1.165, 1.54) is 44.6 Å². The van der Waals surface area contributed by atoms with Crippen LogP contribution in [0.5, 0.6) is 0 Å². The number of hydrogen-bond acceptors (Lipinski definition) is 7. The van der Waals surface area contributed by atoms with Gasteiger partial charge in [-0.1, -0.05) is 24.3 Å². The minimum absolute atomic E-state index is 0.173. The fourth-order valence-corrected chi connectivity index (χ4v) is 6.93. The Bertz CT molecular complexity index is 1260. The van der Waals surface area contributed by atoms with Crippen molar-refractivity contribution < 1.29 is 8.42 Å². The van der Waals surface area contributed by atoms with Crippen LogP contribution in [0.3, 0.4) is 0 Å². The number of likely N-dealkylation sites (tertiary alicyclic amines) is 1. The topological polar surface area (TPSA) is 94.2 Å². The Hall–Kier alpha value is -2.49. The molecule has 2 N–H and O–H groups in total. The fourth-order valence-electron chi connectivity index (χ4n) is 5.73. The first-order chi connectivity index (χ1) is 16.5. The van der Waals surface area contributed by atoms with Gasteiger partial charge in [0.25, 0.3) is 0 Å². The van der Waals surface area contributed by atoms with Crippen LogP contribution >= 0.6 is 0 Å². The molecule has 0 aliphatic carbocycles. The zero-order valence-electron chi connectivity index (χ0n) is 19.5. The van der Waals surface area contributed by atoms with Crippen molar-refractivity contribution in [3.8, 4) is 11.3 Å². The average Bonchev–Trinajstić information content (AvgIpc) is 3.27. The fraction of sp³-hybridized carbons (Fsp3) is 0.520. The van der Waals surface area contributed by atoms with Gasteiger partial charge in [0, 0.05) is 38.4 Å². The number of nitrogens with one attached hydrogen (secondary N) is 2. The molecule has 8 nitrogen and oxygen atoms in total. The second-order valence-corrected chi connectivity index (χ2v) is 12.5. The lowest BCUT2D eigenvalue weighted by Crippen LogP contribution is -2.60. The molecule has 0 radical (unpaired) electrons. The van der Waals surface area contributed by atoms with Crippen LogP contribution in [-0.4, -0.2) is 85.6 Å². The lowest BCUT2D eigenvalue weighted by atomic mass is 9.72. The minimum Gasteiger partial charge on any atom is -0.354 e. The number of piperidine rings is 1. The van der Waals surface area contributed by atoms with Crippen LogP contribution in [0.1, 0.15) is 18.4 Å². The molecule has 9 heteroatoms. The van der Waals surface area contributed by atoms with Crippen molar-refractivity contribution in [1.29, 1.82) is 0 Å². The Morgan fingerprint density at radius 2 is 1.74 bits per heavy atom. The van der Waals surface area contributed by atoms with E-state index < -0.39 is 9.84 Å². The quantitative estimate of drug-likeness (QED) is 0.577. The predicted molar refractivity (Wildman–Crippen MR) is 135 cm³/mol. The summed E-state index contributed by atoms with van der Waals surface area (Å²) in [5, 5.41) is 4.41. The molecule has 1 aromatic carbocycles. The van der Waals surface area contributed by atoms with Crippen molar-refractivity contribution >= 4 is 26.7 Å². The molecule has 1 spiro atoms. The van der Waals surface area contributed by atoms with Gasteiger partial charge in [-0.2, -0.15) is 0 Å². The van der Waals surface area contributed by atoms with Crippen LogP contribution in [0.2, 0.25) is 0 Å². The van der Waals surface area contributed by atoms with Crippen molar-refractivity contribution in [2.45, 2.75) is 19.3 Å². The van der Waals surface area contributed by atoms with Crippen LogP contribution in [-0.2, 0) is 16.3 Å². The van der Waals surface area contributed by atoms with E-state index in [0.717, 1.165) is 41.1 Å². The van der Waals surface area contributed by atoms with Crippen molar-refractivity contribution in [2.75, 3.05) is 62.2 Å². The third kappa shape index (κ3) is 4.32. The number of sulfone groups is 1. The standard InChI is InChI=1S/C25H32N6O2S/c32-34(33)13-11-31(12-14-34)24-21-15-22(29-23(21)27-18-28-24)20-3-1-19(2-4-20)5-10-30-16-25(17-30)6-8-26-9-7-25/h1-4,15,18,26H,5-14,16-17H2,(H,27,28,29). The summed E-state index contributed by atoms with van der Waals surface area (Å²) in [5.41, 5.74) is 4.85. The monoisotopic (exact) mass is 480 g/mol. The Balaban J connectivity index is 1.12. The highest BCUT2D eigenvalue weighted by Crippen LogP contribution is 2.38. The lowest BCUT2D eigenvalue weighted by Gasteiger charge is -2.52. The maximum absolute atomic E-state index is 11.8. The lowest BCUT2D eigenvalue weighted by molar-refractivity contribution is -0.0216. The molecule has 5 heterocycles. The molecular formula is C25H32N6O2S. The molecule has 0 atom stereocenters. The SMILES string of the molecule is O=S1(=O)CCN(c2ncnc3[nH]c(-c4ccc(CCN5CC6(CCNCC6)C5)cc4)cc23)CC1. The molecule has 0 saturated carbocycles. The second-order valence-electron chi connectivity index (χ2n) is 10.2. The third-order valence-electron chi connectivity index (χ3n) is 7.81. The Labute approximate surface area is 200 Å². The van der Waals surface area contributed by atoms with E-state index in [2.05, 4.69) is 60.4 Å². The zero-order valence-corrected chi connectivity index (χ0v) is 20.3. The Kier molecular flexibility index (Phi) is 5.58. The summed E-state index contributed by atoms with van der Waals surface area (Å²) in [6, 6.07) is 10.9. The van der Waals surface area contributed by atoms with Gasteiger partial charge in [0.15, 0.2) is 9.84 Å². The van der Waals surface area contributed by atoms with Gasteiger partial charge in [0.05, 0.1) is 16.9 Å². The van der Waals surface area contributed by atoms with E-state index in [1.54, 1.807) is 6.33 Å². The number of rotatable bonds is 5. The van der Waals surface area contributed by atoms with Gasteiger partial charge in [-0.05, 0) is 55.0 Å². The summed E-state index contributed by atoms with van der Waals surface area (Å²) in [5.74, 6) is 1.15. The molecule has 3 aliphatic rings. The average molecular weight is 481 g/mol. The number of fused-ring (bicyclic) bond motifs is 1. The molecular weight excluding hydrogens is 448 g/mol. The summed E-state index contributed by atoms with van der Waals surface area (Å²) in [7, 11) is -2.93. The highest BCUT2D eigenvalue weighted by molar-refractivity contribution is 7.91. The summed E-state index contributed by atoms with van der Waals surface area (Å²) in [4.78, 5) is 17.0. The van der Waals surface area contributed by atoms with E-state index >= 15 is 0 Å². The molecule has 3 aromatic rings. The Morgan fingerprint density at radius 1 is 1.00 bits per heavy atom. The first kappa shape index (κ1) is 22.0. The highest BCUT2D eigenvalue weighted by atomic mass is 32.2. The van der Waals surface area contributed by atoms with Crippen LogP contribution < -0.4 is 10.2 Å². The van der Waals surface area contributed by atoms with Crippen molar-refractivity contribution in [3.05, 3.63) is 42.2 Å². The van der Waals surface area contributed by atoms with Crippen molar-refractivity contribution in [1.82, 2.24) is 25.2 Å². The first-order valence-electron chi connectivity index (χ1n) is 12.3. The van der Waals surface area contributed by atoms with Gasteiger partial charge in [0.1, 0.15) is 17.8 Å².